The maximum atomic E-state index is 13.3. The zero-order valence-electron chi connectivity index (χ0n) is 18.7. The monoisotopic (exact) mass is 511 g/mol. The molecule has 0 aliphatic carbocycles. The van der Waals surface area contributed by atoms with Crippen LogP contribution in [-0.2, 0) is 11.3 Å². The van der Waals surface area contributed by atoms with Crippen molar-refractivity contribution in [3.63, 3.8) is 0 Å². The summed E-state index contributed by atoms with van der Waals surface area (Å²) in [5.41, 5.74) is 0.513. The molecule has 0 unspecified atom stereocenters. The van der Waals surface area contributed by atoms with Gasteiger partial charge in [-0.15, -0.1) is 0 Å². The first-order chi connectivity index (χ1) is 16.8. The Morgan fingerprint density at radius 3 is 2.31 bits per heavy atom. The smallest absolute Gasteiger partial charge is 0.244 e. The number of benzene rings is 2. The van der Waals surface area contributed by atoms with Crippen molar-refractivity contribution >= 4 is 51.5 Å². The number of nitrogens with zero attached hydrogens (tertiary/aromatic N) is 2. The van der Waals surface area contributed by atoms with Crippen molar-refractivity contribution in [2.45, 2.75) is 6.54 Å². The molecule has 2 aromatic carbocycles. The Morgan fingerprint density at radius 2 is 1.66 bits per heavy atom. The van der Waals surface area contributed by atoms with Crippen molar-refractivity contribution in [1.82, 2.24) is 9.55 Å². The minimum absolute atomic E-state index is 0.103. The second kappa shape index (κ2) is 10.2. The van der Waals surface area contributed by atoms with Crippen LogP contribution in [0.5, 0.6) is 11.5 Å². The summed E-state index contributed by atoms with van der Waals surface area (Å²) < 4.78 is 11.9. The molecule has 0 saturated carbocycles. The van der Waals surface area contributed by atoms with Crippen molar-refractivity contribution in [2.75, 3.05) is 19.5 Å². The minimum Gasteiger partial charge on any atom is -0.495 e. The number of ketones is 1. The first kappa shape index (κ1) is 24.3. The Hall–Kier alpha value is -3.88. The van der Waals surface area contributed by atoms with Crippen LogP contribution in [0.3, 0.4) is 0 Å². The van der Waals surface area contributed by atoms with E-state index in [2.05, 4.69) is 10.3 Å². The lowest BCUT2D eigenvalue weighted by atomic mass is 10.0. The minimum atomic E-state index is -0.504. The van der Waals surface area contributed by atoms with Gasteiger partial charge in [-0.3, -0.25) is 19.4 Å². The zero-order valence-corrected chi connectivity index (χ0v) is 20.2. The summed E-state index contributed by atoms with van der Waals surface area (Å²) in [6.07, 6.45) is 4.28. The number of methoxy groups -OCH3 is 2. The highest BCUT2D eigenvalue weighted by Crippen LogP contribution is 2.30. The van der Waals surface area contributed by atoms with Gasteiger partial charge in [0.25, 0.3) is 0 Å². The molecule has 178 valence electrons. The predicted octanol–water partition coefficient (Wildman–Crippen LogP) is 4.59. The summed E-state index contributed by atoms with van der Waals surface area (Å²) in [5, 5.41) is 3.53. The number of hydrogen-bond acceptors (Lipinski definition) is 6. The van der Waals surface area contributed by atoms with Crippen LogP contribution in [0, 0.1) is 0 Å². The number of aromatic nitrogens is 2. The van der Waals surface area contributed by atoms with E-state index in [9.17, 15) is 14.4 Å². The fourth-order valence-electron chi connectivity index (χ4n) is 3.60. The van der Waals surface area contributed by atoms with Crippen molar-refractivity contribution < 1.29 is 19.1 Å². The van der Waals surface area contributed by atoms with Crippen LogP contribution < -0.4 is 20.2 Å². The summed E-state index contributed by atoms with van der Waals surface area (Å²) >= 11 is 12.4. The number of halogens is 2. The average molecular weight is 512 g/mol. The molecule has 0 aliphatic heterocycles. The number of carbonyl (C=O) groups excluding carboxylic acids is 2. The van der Waals surface area contributed by atoms with E-state index in [1.54, 1.807) is 18.2 Å². The summed E-state index contributed by atoms with van der Waals surface area (Å²) in [7, 11) is 2.91. The van der Waals surface area contributed by atoms with Crippen molar-refractivity contribution in [3.8, 4) is 11.5 Å². The number of anilines is 1. The number of rotatable bonds is 7. The van der Waals surface area contributed by atoms with Crippen LogP contribution in [0.4, 0.5) is 5.69 Å². The largest absolute Gasteiger partial charge is 0.495 e. The second-order valence-electron chi connectivity index (χ2n) is 7.47. The lowest BCUT2D eigenvalue weighted by molar-refractivity contribution is -0.116. The fraction of sp³-hybridized carbons (Fsp3) is 0.120. The van der Waals surface area contributed by atoms with Gasteiger partial charge < -0.3 is 19.4 Å². The van der Waals surface area contributed by atoms with E-state index in [-0.39, 0.29) is 28.3 Å². The first-order valence-corrected chi connectivity index (χ1v) is 11.1. The fourth-order valence-corrected chi connectivity index (χ4v) is 4.09. The molecule has 0 fully saturated rings. The molecule has 0 spiro atoms. The Kier molecular flexibility index (Phi) is 7.04. The Balaban J connectivity index is 1.78. The number of pyridine rings is 2. The van der Waals surface area contributed by atoms with E-state index in [0.29, 0.717) is 27.5 Å². The second-order valence-corrected chi connectivity index (χ2v) is 8.28. The highest BCUT2D eigenvalue weighted by atomic mass is 35.5. The third kappa shape index (κ3) is 4.99. The molecule has 10 heteroatoms. The summed E-state index contributed by atoms with van der Waals surface area (Å²) in [6.45, 7) is -0.209. The molecular formula is C25H19Cl2N3O5. The van der Waals surface area contributed by atoms with Gasteiger partial charge in [0.1, 0.15) is 18.0 Å². The van der Waals surface area contributed by atoms with Crippen LogP contribution in [0.1, 0.15) is 15.9 Å². The highest BCUT2D eigenvalue weighted by Gasteiger charge is 2.20. The summed E-state index contributed by atoms with van der Waals surface area (Å²) in [4.78, 5) is 43.2. The summed E-state index contributed by atoms with van der Waals surface area (Å²) in [5.74, 6) is -0.165. The maximum Gasteiger partial charge on any atom is 0.244 e. The normalized spacial score (nSPS) is 10.7. The lowest BCUT2D eigenvalue weighted by Gasteiger charge is -2.15. The third-order valence-corrected chi connectivity index (χ3v) is 5.88. The van der Waals surface area contributed by atoms with Crippen LogP contribution in [0.25, 0.3) is 10.9 Å². The molecule has 0 aliphatic rings. The van der Waals surface area contributed by atoms with Gasteiger partial charge in [0.15, 0.2) is 5.78 Å². The van der Waals surface area contributed by atoms with Crippen molar-refractivity contribution in [2.24, 2.45) is 0 Å². The number of amides is 1. The van der Waals surface area contributed by atoms with Gasteiger partial charge in [-0.2, -0.15) is 0 Å². The van der Waals surface area contributed by atoms with Crippen molar-refractivity contribution in [1.29, 1.82) is 0 Å². The number of carbonyl (C=O) groups is 2. The van der Waals surface area contributed by atoms with Crippen LogP contribution in [0.15, 0.2) is 65.8 Å². The molecule has 1 amide bonds. The quantitative estimate of drug-likeness (QED) is 0.364. The van der Waals surface area contributed by atoms with Gasteiger partial charge in [0.05, 0.1) is 40.7 Å². The number of hydrogen-bond donors (Lipinski definition) is 1. The highest BCUT2D eigenvalue weighted by molar-refractivity contribution is 6.33. The van der Waals surface area contributed by atoms with Gasteiger partial charge in [0.2, 0.25) is 11.3 Å². The maximum absolute atomic E-state index is 13.3. The molecule has 1 N–H and O–H groups in total. The molecule has 0 saturated heterocycles. The third-order valence-electron chi connectivity index (χ3n) is 5.29. The summed E-state index contributed by atoms with van der Waals surface area (Å²) in [6, 6.07) is 10.8. The molecule has 4 aromatic rings. The molecule has 2 heterocycles. The van der Waals surface area contributed by atoms with E-state index in [1.165, 1.54) is 61.6 Å². The standard InChI is InChI=1S/C25H19Cl2N3O5/c1-34-21-4-3-15(9-18(21)26)29-23(31)13-30-12-17(24(32)14-5-7-28-8-6-14)25(33)16-10-22(35-2)19(27)11-20(16)30/h3-12H,13H2,1-2H3,(H,29,31). The van der Waals surface area contributed by atoms with Gasteiger partial charge in [-0.1, -0.05) is 23.2 Å². The number of nitrogens with one attached hydrogen (secondary N) is 1. The van der Waals surface area contributed by atoms with Gasteiger partial charge >= 0.3 is 0 Å². The van der Waals surface area contributed by atoms with Gasteiger partial charge in [0, 0.05) is 29.8 Å². The van der Waals surface area contributed by atoms with E-state index in [1.807, 2.05) is 0 Å². The van der Waals surface area contributed by atoms with Crippen LogP contribution in [-0.4, -0.2) is 35.5 Å². The number of ether oxygens (including phenoxy) is 2. The molecule has 35 heavy (non-hydrogen) atoms. The average Bonchev–Trinajstić information content (AvgIpc) is 2.85. The van der Waals surface area contributed by atoms with Crippen LogP contribution >= 0.6 is 23.2 Å². The first-order valence-electron chi connectivity index (χ1n) is 10.3. The predicted molar refractivity (Wildman–Crippen MR) is 134 cm³/mol. The SMILES string of the molecule is COc1ccc(NC(=O)Cn2cc(C(=O)c3ccncc3)c(=O)c3cc(OC)c(Cl)cc32)cc1Cl. The molecular weight excluding hydrogens is 493 g/mol. The van der Waals surface area contributed by atoms with Crippen LogP contribution in [0.2, 0.25) is 10.0 Å². The van der Waals surface area contributed by atoms with Gasteiger partial charge in [-0.25, -0.2) is 0 Å². The Labute approximate surface area is 210 Å². The lowest BCUT2D eigenvalue weighted by Crippen LogP contribution is -2.24. The molecule has 0 radical (unpaired) electrons. The van der Waals surface area contributed by atoms with E-state index >= 15 is 0 Å². The topological polar surface area (TPSA) is 99.5 Å². The van der Waals surface area contributed by atoms with Crippen molar-refractivity contribution in [3.05, 3.63) is 92.5 Å². The Morgan fingerprint density at radius 1 is 0.971 bits per heavy atom. The van der Waals surface area contributed by atoms with Gasteiger partial charge in [-0.05, 0) is 42.5 Å². The molecule has 0 atom stereocenters. The zero-order chi connectivity index (χ0) is 25.1. The molecule has 4 rings (SSSR count). The Bertz CT molecular complexity index is 1500. The van der Waals surface area contributed by atoms with E-state index < -0.39 is 17.1 Å². The van der Waals surface area contributed by atoms with E-state index in [0.717, 1.165) is 0 Å². The van der Waals surface area contributed by atoms with E-state index in [4.69, 9.17) is 32.7 Å². The molecule has 2 aromatic heterocycles. The number of fused-ring (bicyclic) bond motifs is 1. The molecule has 8 nitrogen and oxygen atoms in total. The molecule has 0 bridgehead atoms.